The second-order valence-electron chi connectivity index (χ2n) is 6.22. The molecule has 0 unspecified atom stereocenters. The highest BCUT2D eigenvalue weighted by molar-refractivity contribution is 9.10. The predicted octanol–water partition coefficient (Wildman–Crippen LogP) is 3.96. The predicted molar refractivity (Wildman–Crippen MR) is 104 cm³/mol. The van der Waals surface area contributed by atoms with Crippen molar-refractivity contribution in [1.82, 2.24) is 9.55 Å². The van der Waals surface area contributed by atoms with Crippen molar-refractivity contribution < 1.29 is 18.6 Å². The SMILES string of the molecule is Cc1ccc(CO)cc1-n1c(C)nc(OCc2ccc(F)cc2F)c(Br)c1=O. The lowest BCUT2D eigenvalue weighted by atomic mass is 10.1. The zero-order chi connectivity index (χ0) is 20.4. The minimum atomic E-state index is -0.738. The molecule has 0 amide bonds. The van der Waals surface area contributed by atoms with Gasteiger partial charge in [0.25, 0.3) is 5.56 Å². The van der Waals surface area contributed by atoms with Crippen molar-refractivity contribution in [3.05, 3.63) is 85.4 Å². The summed E-state index contributed by atoms with van der Waals surface area (Å²) in [6.07, 6.45) is 0. The molecule has 1 heterocycles. The molecule has 0 aliphatic rings. The van der Waals surface area contributed by atoms with E-state index in [-0.39, 0.29) is 29.1 Å². The van der Waals surface area contributed by atoms with E-state index in [0.717, 1.165) is 17.7 Å². The first-order valence-electron chi connectivity index (χ1n) is 8.38. The first-order valence-corrected chi connectivity index (χ1v) is 9.17. The Morgan fingerprint density at radius 1 is 1.18 bits per heavy atom. The molecule has 146 valence electrons. The molecule has 3 aromatic rings. The molecular formula is C20H17BrF2N2O3. The van der Waals surface area contributed by atoms with Crippen LogP contribution in [0.25, 0.3) is 5.69 Å². The fraction of sp³-hybridized carbons (Fsp3) is 0.200. The number of benzene rings is 2. The number of ether oxygens (including phenoxy) is 1. The van der Waals surface area contributed by atoms with Gasteiger partial charge in [-0.3, -0.25) is 9.36 Å². The van der Waals surface area contributed by atoms with E-state index in [1.165, 1.54) is 10.6 Å². The number of halogens is 3. The average Bonchev–Trinajstić information content (AvgIpc) is 2.66. The van der Waals surface area contributed by atoms with Crippen molar-refractivity contribution in [3.63, 3.8) is 0 Å². The summed E-state index contributed by atoms with van der Waals surface area (Å²) in [4.78, 5) is 17.2. The van der Waals surface area contributed by atoms with Gasteiger partial charge in [0.05, 0.1) is 12.3 Å². The van der Waals surface area contributed by atoms with Gasteiger partial charge in [-0.05, 0) is 59.1 Å². The van der Waals surface area contributed by atoms with Crippen LogP contribution in [0.4, 0.5) is 8.78 Å². The smallest absolute Gasteiger partial charge is 0.276 e. The van der Waals surface area contributed by atoms with E-state index in [4.69, 9.17) is 4.74 Å². The normalized spacial score (nSPS) is 10.9. The average molecular weight is 451 g/mol. The van der Waals surface area contributed by atoms with Crippen LogP contribution in [0.1, 0.15) is 22.5 Å². The van der Waals surface area contributed by atoms with Gasteiger partial charge in [0, 0.05) is 11.6 Å². The summed E-state index contributed by atoms with van der Waals surface area (Å²) in [6.45, 7) is 3.13. The largest absolute Gasteiger partial charge is 0.472 e. The first kappa shape index (κ1) is 20.2. The molecule has 0 bridgehead atoms. The van der Waals surface area contributed by atoms with Gasteiger partial charge in [0.15, 0.2) is 0 Å². The number of rotatable bonds is 5. The van der Waals surface area contributed by atoms with Crippen LogP contribution in [0.15, 0.2) is 45.7 Å². The molecule has 0 aliphatic carbocycles. The highest BCUT2D eigenvalue weighted by atomic mass is 79.9. The Labute approximate surface area is 168 Å². The highest BCUT2D eigenvalue weighted by Gasteiger charge is 2.17. The quantitative estimate of drug-likeness (QED) is 0.638. The molecule has 1 aromatic heterocycles. The molecular weight excluding hydrogens is 434 g/mol. The van der Waals surface area contributed by atoms with Crippen molar-refractivity contribution >= 4 is 15.9 Å². The van der Waals surface area contributed by atoms with Gasteiger partial charge in [0.1, 0.15) is 28.5 Å². The van der Waals surface area contributed by atoms with Crippen molar-refractivity contribution in [1.29, 1.82) is 0 Å². The fourth-order valence-electron chi connectivity index (χ4n) is 2.74. The molecule has 28 heavy (non-hydrogen) atoms. The van der Waals surface area contributed by atoms with Crippen LogP contribution in [-0.2, 0) is 13.2 Å². The van der Waals surface area contributed by atoms with Crippen molar-refractivity contribution in [2.45, 2.75) is 27.1 Å². The van der Waals surface area contributed by atoms with E-state index in [2.05, 4.69) is 20.9 Å². The number of aliphatic hydroxyl groups is 1. The molecule has 2 aromatic carbocycles. The fourth-order valence-corrected chi connectivity index (χ4v) is 3.12. The van der Waals surface area contributed by atoms with E-state index >= 15 is 0 Å². The van der Waals surface area contributed by atoms with Crippen LogP contribution in [-0.4, -0.2) is 14.7 Å². The number of nitrogens with zero attached hydrogens (tertiary/aromatic N) is 2. The van der Waals surface area contributed by atoms with E-state index < -0.39 is 17.2 Å². The van der Waals surface area contributed by atoms with Gasteiger partial charge < -0.3 is 9.84 Å². The minimum absolute atomic E-state index is 0.0124. The second-order valence-corrected chi connectivity index (χ2v) is 7.02. The van der Waals surface area contributed by atoms with E-state index in [1.807, 2.05) is 13.0 Å². The summed E-state index contributed by atoms with van der Waals surface area (Å²) in [7, 11) is 0. The Morgan fingerprint density at radius 3 is 2.61 bits per heavy atom. The number of aryl methyl sites for hydroxylation is 2. The zero-order valence-electron chi connectivity index (χ0n) is 15.2. The Balaban J connectivity index is 1.98. The lowest BCUT2D eigenvalue weighted by molar-refractivity contribution is 0.281. The summed E-state index contributed by atoms with van der Waals surface area (Å²) >= 11 is 3.20. The van der Waals surface area contributed by atoms with Gasteiger partial charge in [-0.25, -0.2) is 8.78 Å². The lowest BCUT2D eigenvalue weighted by Gasteiger charge is -2.16. The van der Waals surface area contributed by atoms with Gasteiger partial charge in [0.2, 0.25) is 5.88 Å². The van der Waals surface area contributed by atoms with E-state index in [9.17, 15) is 18.7 Å². The molecule has 0 fully saturated rings. The highest BCUT2D eigenvalue weighted by Crippen LogP contribution is 2.24. The lowest BCUT2D eigenvalue weighted by Crippen LogP contribution is -2.24. The zero-order valence-corrected chi connectivity index (χ0v) is 16.8. The van der Waals surface area contributed by atoms with Crippen LogP contribution >= 0.6 is 15.9 Å². The third kappa shape index (κ3) is 3.98. The molecule has 0 saturated heterocycles. The monoisotopic (exact) mass is 450 g/mol. The maximum absolute atomic E-state index is 13.8. The first-order chi connectivity index (χ1) is 13.3. The number of hydrogen-bond acceptors (Lipinski definition) is 4. The Morgan fingerprint density at radius 2 is 1.93 bits per heavy atom. The minimum Gasteiger partial charge on any atom is -0.472 e. The van der Waals surface area contributed by atoms with Crippen molar-refractivity contribution in [2.75, 3.05) is 0 Å². The van der Waals surface area contributed by atoms with Gasteiger partial charge in [-0.2, -0.15) is 4.98 Å². The molecule has 5 nitrogen and oxygen atoms in total. The third-order valence-electron chi connectivity index (χ3n) is 4.24. The maximum Gasteiger partial charge on any atom is 0.276 e. The van der Waals surface area contributed by atoms with E-state index in [0.29, 0.717) is 17.1 Å². The Bertz CT molecular complexity index is 1100. The summed E-state index contributed by atoms with van der Waals surface area (Å²) in [5.41, 5.74) is 1.83. The maximum atomic E-state index is 13.8. The molecule has 0 spiro atoms. The summed E-state index contributed by atoms with van der Waals surface area (Å²) in [6, 6.07) is 8.47. The van der Waals surface area contributed by atoms with Gasteiger partial charge in [-0.1, -0.05) is 12.1 Å². The van der Waals surface area contributed by atoms with Gasteiger partial charge >= 0.3 is 0 Å². The number of hydrogen-bond donors (Lipinski definition) is 1. The Hall–Kier alpha value is -2.58. The molecule has 1 N–H and O–H groups in total. The summed E-state index contributed by atoms with van der Waals surface area (Å²) in [5, 5.41) is 9.37. The van der Waals surface area contributed by atoms with Crippen molar-refractivity contribution in [2.24, 2.45) is 0 Å². The molecule has 0 saturated carbocycles. The Kier molecular flexibility index (Phi) is 5.90. The van der Waals surface area contributed by atoms with Crippen LogP contribution in [0.3, 0.4) is 0 Å². The standard InChI is InChI=1S/C20H17BrF2N2O3/c1-11-3-4-13(9-26)7-17(11)25-12(2)24-19(18(21)20(25)27)28-10-14-5-6-15(22)8-16(14)23/h3-8,26H,9-10H2,1-2H3. The number of aliphatic hydroxyl groups excluding tert-OH is 1. The van der Waals surface area contributed by atoms with E-state index in [1.54, 1.807) is 19.1 Å². The third-order valence-corrected chi connectivity index (χ3v) is 4.92. The molecule has 0 radical (unpaired) electrons. The second kappa shape index (κ2) is 8.20. The summed E-state index contributed by atoms with van der Waals surface area (Å²) < 4.78 is 33.8. The molecule has 0 aliphatic heterocycles. The van der Waals surface area contributed by atoms with Crippen LogP contribution in [0, 0.1) is 25.5 Å². The summed E-state index contributed by atoms with van der Waals surface area (Å²) in [5.74, 6) is -1.04. The number of aromatic nitrogens is 2. The van der Waals surface area contributed by atoms with Crippen LogP contribution in [0.5, 0.6) is 5.88 Å². The topological polar surface area (TPSA) is 64.3 Å². The van der Waals surface area contributed by atoms with Gasteiger partial charge in [-0.15, -0.1) is 0 Å². The van der Waals surface area contributed by atoms with Crippen LogP contribution in [0.2, 0.25) is 0 Å². The molecule has 8 heteroatoms. The molecule has 0 atom stereocenters. The van der Waals surface area contributed by atoms with Crippen molar-refractivity contribution in [3.8, 4) is 11.6 Å². The van der Waals surface area contributed by atoms with Crippen LogP contribution < -0.4 is 10.3 Å². The molecule has 3 rings (SSSR count).